The maximum atomic E-state index is 14.1. The van der Waals surface area contributed by atoms with Gasteiger partial charge in [-0.2, -0.15) is 13.2 Å². The molecule has 0 saturated heterocycles. The third kappa shape index (κ3) is 3.46. The largest absolute Gasteiger partial charge is 0.417 e. The molecule has 35 heavy (non-hydrogen) atoms. The lowest BCUT2D eigenvalue weighted by atomic mass is 9.61. The predicted molar refractivity (Wildman–Crippen MR) is 125 cm³/mol. The normalized spacial score (nSPS) is 28.3. The van der Waals surface area contributed by atoms with E-state index in [0.717, 1.165) is 49.1 Å². The third-order valence-electron chi connectivity index (χ3n) is 7.99. The van der Waals surface area contributed by atoms with Crippen molar-refractivity contribution in [2.45, 2.75) is 69.8 Å². The van der Waals surface area contributed by atoms with Gasteiger partial charge in [0.1, 0.15) is 0 Å². The van der Waals surface area contributed by atoms with Gasteiger partial charge < -0.3 is 10.5 Å². The van der Waals surface area contributed by atoms with Gasteiger partial charge in [0, 0.05) is 36.5 Å². The van der Waals surface area contributed by atoms with Crippen molar-refractivity contribution in [2.75, 3.05) is 7.11 Å². The van der Waals surface area contributed by atoms with Crippen LogP contribution in [0.3, 0.4) is 0 Å². The highest BCUT2D eigenvalue weighted by molar-refractivity contribution is 6.08. The molecule has 1 atom stereocenters. The lowest BCUT2D eigenvalue weighted by molar-refractivity contribution is -0.139. The van der Waals surface area contributed by atoms with Crippen LogP contribution in [0.15, 0.2) is 41.7 Å². The number of nitrogens with zero attached hydrogens (tertiary/aromatic N) is 3. The van der Waals surface area contributed by atoms with Gasteiger partial charge in [-0.25, -0.2) is 4.99 Å². The number of ether oxygens (including phenoxy) is 1. The fraction of sp³-hybridized carbons (Fsp3) is 0.500. The highest BCUT2D eigenvalue weighted by atomic mass is 19.4. The van der Waals surface area contributed by atoms with Crippen molar-refractivity contribution in [3.63, 3.8) is 0 Å². The smallest absolute Gasteiger partial charge is 0.381 e. The molecule has 1 aromatic carbocycles. The molecular weight excluding hydrogens is 457 g/mol. The molecule has 2 aromatic rings. The van der Waals surface area contributed by atoms with Gasteiger partial charge in [-0.15, -0.1) is 0 Å². The summed E-state index contributed by atoms with van der Waals surface area (Å²) in [4.78, 5) is 24.4. The van der Waals surface area contributed by atoms with E-state index >= 15 is 0 Å². The summed E-state index contributed by atoms with van der Waals surface area (Å²) in [5.41, 5.74) is 6.49. The number of aromatic nitrogens is 1. The van der Waals surface area contributed by atoms with Gasteiger partial charge in [-0.3, -0.25) is 14.7 Å². The molecule has 0 unspecified atom stereocenters. The van der Waals surface area contributed by atoms with Gasteiger partial charge in [0.15, 0.2) is 11.5 Å². The van der Waals surface area contributed by atoms with E-state index in [1.54, 1.807) is 18.1 Å². The highest BCUT2D eigenvalue weighted by Crippen LogP contribution is 2.62. The molecule has 2 aliphatic carbocycles. The molecule has 2 heterocycles. The number of fused-ring (bicyclic) bond motifs is 3. The molecule has 1 aromatic heterocycles. The number of amides is 1. The van der Waals surface area contributed by atoms with E-state index in [0.29, 0.717) is 17.5 Å². The molecule has 1 amide bonds. The lowest BCUT2D eigenvalue weighted by Crippen LogP contribution is -2.53. The maximum Gasteiger partial charge on any atom is 0.417 e. The Balaban J connectivity index is 1.66. The van der Waals surface area contributed by atoms with Crippen LogP contribution in [-0.2, 0) is 27.7 Å². The summed E-state index contributed by atoms with van der Waals surface area (Å²) >= 11 is 0. The number of alkyl halides is 3. The summed E-state index contributed by atoms with van der Waals surface area (Å²) in [5, 5.41) is 0. The van der Waals surface area contributed by atoms with Crippen LogP contribution in [0.5, 0.6) is 0 Å². The number of methoxy groups -OCH3 is 1. The number of rotatable bonds is 3. The minimum absolute atomic E-state index is 0.132. The number of benzene rings is 1. The van der Waals surface area contributed by atoms with E-state index in [1.165, 1.54) is 6.20 Å². The zero-order valence-corrected chi connectivity index (χ0v) is 20.0. The molecule has 1 saturated carbocycles. The van der Waals surface area contributed by atoms with Gasteiger partial charge in [0.05, 0.1) is 11.7 Å². The Kier molecular flexibility index (Phi) is 5.47. The Morgan fingerprint density at radius 1 is 1.14 bits per heavy atom. The molecule has 2 N–H and O–H groups in total. The summed E-state index contributed by atoms with van der Waals surface area (Å²) in [6.45, 7) is 3.79. The third-order valence-corrected chi connectivity index (χ3v) is 7.99. The highest BCUT2D eigenvalue weighted by Gasteiger charge is 2.66. The predicted octanol–water partition coefficient (Wildman–Crippen LogP) is 4.66. The number of carbonyl (C=O) groups excluding carboxylic acids is 1. The molecule has 0 radical (unpaired) electrons. The quantitative estimate of drug-likeness (QED) is 0.684. The van der Waals surface area contributed by atoms with Crippen molar-refractivity contribution in [1.29, 1.82) is 0 Å². The molecule has 0 bridgehead atoms. The molecule has 186 valence electrons. The Morgan fingerprint density at radius 2 is 1.86 bits per heavy atom. The van der Waals surface area contributed by atoms with E-state index < -0.39 is 22.7 Å². The van der Waals surface area contributed by atoms with Crippen LogP contribution in [-0.4, -0.2) is 41.0 Å². The van der Waals surface area contributed by atoms with Crippen LogP contribution in [0.2, 0.25) is 0 Å². The first kappa shape index (κ1) is 23.8. The van der Waals surface area contributed by atoms with Crippen molar-refractivity contribution in [2.24, 2.45) is 16.1 Å². The first-order valence-corrected chi connectivity index (χ1v) is 11.9. The van der Waals surface area contributed by atoms with Gasteiger partial charge in [-0.05, 0) is 74.8 Å². The molecular formula is C26H29F3N4O2. The van der Waals surface area contributed by atoms with Crippen molar-refractivity contribution >= 4 is 11.9 Å². The van der Waals surface area contributed by atoms with Crippen LogP contribution < -0.4 is 5.73 Å². The number of hydrogen-bond donors (Lipinski definition) is 1. The molecule has 3 aliphatic rings. The Labute approximate surface area is 202 Å². The van der Waals surface area contributed by atoms with Crippen LogP contribution in [0.1, 0.15) is 56.2 Å². The monoisotopic (exact) mass is 486 g/mol. The molecule has 2 spiro atoms. The fourth-order valence-electron chi connectivity index (χ4n) is 6.27. The number of carbonyl (C=O) groups is 1. The maximum absolute atomic E-state index is 14.1. The minimum Gasteiger partial charge on any atom is -0.381 e. The zero-order chi connectivity index (χ0) is 25.2. The second-order valence-corrected chi connectivity index (χ2v) is 10.2. The lowest BCUT2D eigenvalue weighted by Gasteiger charge is -2.45. The number of pyridine rings is 1. The first-order chi connectivity index (χ1) is 16.5. The average Bonchev–Trinajstić information content (AvgIpc) is 3.24. The van der Waals surface area contributed by atoms with E-state index in [-0.39, 0.29) is 24.0 Å². The van der Waals surface area contributed by atoms with Crippen molar-refractivity contribution < 1.29 is 22.7 Å². The van der Waals surface area contributed by atoms with Gasteiger partial charge in [-0.1, -0.05) is 12.1 Å². The Bertz CT molecular complexity index is 1200. The summed E-state index contributed by atoms with van der Waals surface area (Å²) in [6.07, 6.45) is 1.62. The Hall–Kier alpha value is -2.94. The minimum atomic E-state index is -4.50. The van der Waals surface area contributed by atoms with Crippen molar-refractivity contribution in [1.82, 2.24) is 9.88 Å². The SMILES string of the molecule is COC1CCC2(CC1)Cc1ccc(-c3cncc(C(F)(F)F)c3)cc1[C@@]21N=C(N)N(C(C)C)C1=O. The topological polar surface area (TPSA) is 80.8 Å². The van der Waals surface area contributed by atoms with Crippen molar-refractivity contribution in [3.05, 3.63) is 53.3 Å². The van der Waals surface area contributed by atoms with E-state index in [1.807, 2.05) is 26.0 Å². The van der Waals surface area contributed by atoms with Gasteiger partial charge in [0.25, 0.3) is 5.91 Å². The van der Waals surface area contributed by atoms with E-state index in [2.05, 4.69) is 4.98 Å². The number of nitrogens with two attached hydrogens (primary N) is 1. The number of halogens is 3. The molecule has 1 aliphatic heterocycles. The average molecular weight is 487 g/mol. The van der Waals surface area contributed by atoms with E-state index in [4.69, 9.17) is 15.5 Å². The summed E-state index contributed by atoms with van der Waals surface area (Å²) in [5.74, 6) is 0.0381. The van der Waals surface area contributed by atoms with Gasteiger partial charge >= 0.3 is 6.18 Å². The fourth-order valence-corrected chi connectivity index (χ4v) is 6.27. The van der Waals surface area contributed by atoms with E-state index in [9.17, 15) is 18.0 Å². The summed E-state index contributed by atoms with van der Waals surface area (Å²) in [7, 11) is 1.70. The summed E-state index contributed by atoms with van der Waals surface area (Å²) in [6, 6.07) is 6.46. The molecule has 6 nitrogen and oxygen atoms in total. The summed E-state index contributed by atoms with van der Waals surface area (Å²) < 4.78 is 45.6. The number of hydrogen-bond acceptors (Lipinski definition) is 5. The van der Waals surface area contributed by atoms with Crippen LogP contribution in [0, 0.1) is 5.41 Å². The van der Waals surface area contributed by atoms with Crippen LogP contribution >= 0.6 is 0 Å². The van der Waals surface area contributed by atoms with Crippen molar-refractivity contribution in [3.8, 4) is 11.1 Å². The second-order valence-electron chi connectivity index (χ2n) is 10.2. The van der Waals surface area contributed by atoms with Crippen LogP contribution in [0.4, 0.5) is 13.2 Å². The van der Waals surface area contributed by atoms with Gasteiger partial charge in [0.2, 0.25) is 0 Å². The first-order valence-electron chi connectivity index (χ1n) is 11.9. The van der Waals surface area contributed by atoms with Crippen LogP contribution in [0.25, 0.3) is 11.1 Å². The molecule has 5 rings (SSSR count). The Morgan fingerprint density at radius 3 is 2.46 bits per heavy atom. The molecule has 9 heteroatoms. The number of guanidine groups is 1. The number of aliphatic imine (C=N–C) groups is 1. The standard InChI is InChI=1S/C26H29F3N4O2/c1-15(2)33-22(34)25(32-23(33)30)21-11-16(18-10-19(14-31-13-18)26(27,28)29)4-5-17(21)12-24(25)8-6-20(35-3)7-9-24/h4-5,10-11,13-15,20H,6-9,12H2,1-3H3,(H2,30,32)/t20?,24?,25-/m0/s1. The zero-order valence-electron chi connectivity index (χ0n) is 20.0. The second kappa shape index (κ2) is 8.05. The molecule has 1 fully saturated rings.